The summed E-state index contributed by atoms with van der Waals surface area (Å²) in [6, 6.07) is 19.8. The van der Waals surface area contributed by atoms with Gasteiger partial charge in [0.1, 0.15) is 11.4 Å². The minimum atomic E-state index is 0.362. The fraction of sp³-hybridized carbons (Fsp3) is 0.0556. The van der Waals surface area contributed by atoms with E-state index in [1.807, 2.05) is 60.7 Å². The summed E-state index contributed by atoms with van der Waals surface area (Å²) in [6.45, 7) is 0.362. The van der Waals surface area contributed by atoms with Crippen molar-refractivity contribution >= 4 is 5.95 Å². The number of nitrogens with zero attached hydrogens (tertiary/aromatic N) is 3. The third kappa shape index (κ3) is 2.94. The highest BCUT2D eigenvalue weighted by Crippen LogP contribution is 2.28. The molecule has 0 unspecified atom stereocenters. The molecule has 0 spiro atoms. The number of hydrogen-bond acceptors (Lipinski definition) is 4. The lowest BCUT2D eigenvalue weighted by atomic mass is 10.0. The van der Waals surface area contributed by atoms with E-state index in [4.69, 9.17) is 6.42 Å². The fourth-order valence-corrected chi connectivity index (χ4v) is 2.12. The first kappa shape index (κ1) is 13.8. The molecule has 1 N–H and O–H groups in total. The molecule has 2 aromatic carbocycles. The van der Waals surface area contributed by atoms with Gasteiger partial charge in [-0.3, -0.25) is 0 Å². The predicted molar refractivity (Wildman–Crippen MR) is 88.0 cm³/mol. The highest BCUT2D eigenvalue weighted by molar-refractivity contribution is 5.77. The van der Waals surface area contributed by atoms with Crippen LogP contribution in [0.3, 0.4) is 0 Å². The van der Waals surface area contributed by atoms with Crippen molar-refractivity contribution in [1.29, 1.82) is 0 Å². The molecule has 22 heavy (non-hydrogen) atoms. The van der Waals surface area contributed by atoms with E-state index in [0.29, 0.717) is 12.5 Å². The number of anilines is 1. The summed E-state index contributed by atoms with van der Waals surface area (Å²) in [4.78, 5) is 4.58. The summed E-state index contributed by atoms with van der Waals surface area (Å²) < 4.78 is 0. The molecule has 4 nitrogen and oxygen atoms in total. The monoisotopic (exact) mass is 286 g/mol. The molecule has 0 fully saturated rings. The van der Waals surface area contributed by atoms with E-state index >= 15 is 0 Å². The maximum atomic E-state index is 5.26. The molecule has 3 rings (SSSR count). The standard InChI is InChI=1S/C18H14N4/c1-2-13-19-18-20-16(14-9-5-3-6-10-14)17(21-22-18)15-11-7-4-8-12-15/h1,3-12H,13H2,(H,19,20,22). The molecule has 106 valence electrons. The van der Waals surface area contributed by atoms with E-state index in [-0.39, 0.29) is 0 Å². The maximum Gasteiger partial charge on any atom is 0.244 e. The van der Waals surface area contributed by atoms with Gasteiger partial charge in [0.05, 0.1) is 6.54 Å². The SMILES string of the molecule is C#CCNc1nnc(-c2ccccc2)c(-c2ccccc2)n1. The molecule has 0 radical (unpaired) electrons. The first-order valence-corrected chi connectivity index (χ1v) is 6.91. The lowest BCUT2D eigenvalue weighted by Gasteiger charge is -2.09. The van der Waals surface area contributed by atoms with Crippen molar-refractivity contribution in [2.45, 2.75) is 0 Å². The van der Waals surface area contributed by atoms with Crippen LogP contribution in [0.4, 0.5) is 5.95 Å². The molecule has 3 aromatic rings. The van der Waals surface area contributed by atoms with Crippen molar-refractivity contribution in [2.24, 2.45) is 0 Å². The van der Waals surface area contributed by atoms with Crippen molar-refractivity contribution < 1.29 is 0 Å². The second-order valence-electron chi connectivity index (χ2n) is 4.62. The van der Waals surface area contributed by atoms with Crippen LogP contribution in [0.25, 0.3) is 22.5 Å². The van der Waals surface area contributed by atoms with Gasteiger partial charge in [-0.25, -0.2) is 4.98 Å². The van der Waals surface area contributed by atoms with Gasteiger partial charge in [0.2, 0.25) is 5.95 Å². The summed E-state index contributed by atoms with van der Waals surface area (Å²) in [6.07, 6.45) is 5.26. The Morgan fingerprint density at radius 2 is 1.41 bits per heavy atom. The van der Waals surface area contributed by atoms with Crippen LogP contribution in [0.2, 0.25) is 0 Å². The van der Waals surface area contributed by atoms with Gasteiger partial charge >= 0.3 is 0 Å². The molecular weight excluding hydrogens is 272 g/mol. The molecule has 0 atom stereocenters. The van der Waals surface area contributed by atoms with Crippen LogP contribution >= 0.6 is 0 Å². The molecule has 0 saturated carbocycles. The zero-order valence-electron chi connectivity index (χ0n) is 11.9. The van der Waals surface area contributed by atoms with Crippen molar-refractivity contribution in [1.82, 2.24) is 15.2 Å². The Labute approximate surface area is 129 Å². The molecule has 0 saturated heterocycles. The highest BCUT2D eigenvalue weighted by Gasteiger charge is 2.12. The van der Waals surface area contributed by atoms with Gasteiger partial charge in [0, 0.05) is 11.1 Å². The van der Waals surface area contributed by atoms with Crippen LogP contribution in [-0.2, 0) is 0 Å². The lowest BCUT2D eigenvalue weighted by Crippen LogP contribution is -2.07. The zero-order chi connectivity index (χ0) is 15.2. The van der Waals surface area contributed by atoms with E-state index in [9.17, 15) is 0 Å². The van der Waals surface area contributed by atoms with Crippen LogP contribution in [-0.4, -0.2) is 21.7 Å². The third-order valence-corrected chi connectivity index (χ3v) is 3.13. The molecule has 1 aromatic heterocycles. The maximum absolute atomic E-state index is 5.26. The third-order valence-electron chi connectivity index (χ3n) is 3.13. The van der Waals surface area contributed by atoms with Crippen molar-refractivity contribution in [3.8, 4) is 34.9 Å². The van der Waals surface area contributed by atoms with E-state index < -0.39 is 0 Å². The predicted octanol–water partition coefficient (Wildman–Crippen LogP) is 3.25. The lowest BCUT2D eigenvalue weighted by molar-refractivity contribution is 0.977. The summed E-state index contributed by atoms with van der Waals surface area (Å²) in [7, 11) is 0. The van der Waals surface area contributed by atoms with Crippen LogP contribution in [0, 0.1) is 12.3 Å². The second kappa shape index (κ2) is 6.51. The van der Waals surface area contributed by atoms with Gasteiger partial charge in [-0.15, -0.1) is 16.6 Å². The second-order valence-corrected chi connectivity index (χ2v) is 4.62. The normalized spacial score (nSPS) is 9.95. The Bertz CT molecular complexity index is 792. The van der Waals surface area contributed by atoms with Crippen LogP contribution < -0.4 is 5.32 Å². The Morgan fingerprint density at radius 1 is 0.818 bits per heavy atom. The summed E-state index contributed by atoms with van der Waals surface area (Å²) in [5.74, 6) is 2.93. The Kier molecular flexibility index (Phi) is 4.08. The van der Waals surface area contributed by atoms with Gasteiger partial charge in [-0.05, 0) is 0 Å². The first-order chi connectivity index (χ1) is 10.9. The van der Waals surface area contributed by atoms with E-state index in [0.717, 1.165) is 22.5 Å². The number of nitrogens with one attached hydrogen (secondary N) is 1. The Morgan fingerprint density at radius 3 is 2.00 bits per heavy atom. The van der Waals surface area contributed by atoms with Crippen LogP contribution in [0.5, 0.6) is 0 Å². The van der Waals surface area contributed by atoms with Crippen LogP contribution in [0.15, 0.2) is 60.7 Å². The van der Waals surface area contributed by atoms with Gasteiger partial charge in [-0.2, -0.15) is 0 Å². The molecule has 0 aliphatic heterocycles. The minimum Gasteiger partial charge on any atom is -0.342 e. The fourth-order valence-electron chi connectivity index (χ4n) is 2.12. The Balaban J connectivity index is 2.12. The van der Waals surface area contributed by atoms with Gasteiger partial charge < -0.3 is 5.32 Å². The number of rotatable bonds is 4. The van der Waals surface area contributed by atoms with Crippen molar-refractivity contribution in [3.05, 3.63) is 60.7 Å². The van der Waals surface area contributed by atoms with Gasteiger partial charge in [0.15, 0.2) is 0 Å². The molecule has 0 aliphatic carbocycles. The number of aromatic nitrogens is 3. The largest absolute Gasteiger partial charge is 0.342 e. The minimum absolute atomic E-state index is 0.362. The summed E-state index contributed by atoms with van der Waals surface area (Å²) in [5.41, 5.74) is 3.49. The number of terminal acetylenes is 1. The molecule has 0 aliphatic rings. The van der Waals surface area contributed by atoms with Gasteiger partial charge in [-0.1, -0.05) is 66.6 Å². The van der Waals surface area contributed by atoms with Crippen molar-refractivity contribution in [3.63, 3.8) is 0 Å². The zero-order valence-corrected chi connectivity index (χ0v) is 11.9. The highest BCUT2D eigenvalue weighted by atomic mass is 15.2. The smallest absolute Gasteiger partial charge is 0.244 e. The topological polar surface area (TPSA) is 50.7 Å². The summed E-state index contributed by atoms with van der Waals surface area (Å²) in [5, 5.41) is 11.4. The average Bonchev–Trinajstić information content (AvgIpc) is 2.61. The molecule has 0 amide bonds. The van der Waals surface area contributed by atoms with E-state index in [2.05, 4.69) is 26.4 Å². The number of benzene rings is 2. The van der Waals surface area contributed by atoms with E-state index in [1.165, 1.54) is 0 Å². The molecule has 1 heterocycles. The summed E-state index contributed by atoms with van der Waals surface area (Å²) >= 11 is 0. The molecule has 4 heteroatoms. The molecule has 0 bridgehead atoms. The van der Waals surface area contributed by atoms with Gasteiger partial charge in [0.25, 0.3) is 0 Å². The van der Waals surface area contributed by atoms with Crippen molar-refractivity contribution in [2.75, 3.05) is 11.9 Å². The average molecular weight is 286 g/mol. The number of hydrogen-bond donors (Lipinski definition) is 1. The van der Waals surface area contributed by atoms with E-state index in [1.54, 1.807) is 0 Å². The first-order valence-electron chi connectivity index (χ1n) is 6.91. The Hall–Kier alpha value is -3.19. The quantitative estimate of drug-likeness (QED) is 0.748. The molecular formula is C18H14N4. The van der Waals surface area contributed by atoms with Crippen LogP contribution in [0.1, 0.15) is 0 Å².